The molecule has 0 radical (unpaired) electrons. The second-order valence-corrected chi connectivity index (χ2v) is 15.5. The molecule has 12 nitrogen and oxygen atoms in total. The molecule has 0 aromatic carbocycles. The molecule has 2 heterocycles. The number of rotatable bonds is 7. The van der Waals surface area contributed by atoms with Crippen LogP contribution in [-0.4, -0.2) is 67.0 Å². The van der Waals surface area contributed by atoms with Crippen LogP contribution in [0.15, 0.2) is 0 Å². The fraction of sp³-hybridized carbons (Fsp3) is 1.00. The van der Waals surface area contributed by atoms with Gasteiger partial charge in [0, 0.05) is 14.2 Å². The summed E-state index contributed by atoms with van der Waals surface area (Å²) in [6.07, 6.45) is 0. The highest BCUT2D eigenvalue weighted by Gasteiger charge is 2.59. The fourth-order valence-electron chi connectivity index (χ4n) is 2.38. The summed E-state index contributed by atoms with van der Waals surface area (Å²) < 4.78 is 101. The smallest absolute Gasteiger partial charge is 0.303 e. The maximum Gasteiger partial charge on any atom is 0.441 e. The Morgan fingerprint density at radius 1 is 0.769 bits per heavy atom. The Hall–Kier alpha value is 0.120. The summed E-state index contributed by atoms with van der Waals surface area (Å²) in [4.78, 5) is 0. The molecule has 0 bridgehead atoms. The highest BCUT2D eigenvalue weighted by atomic mass is 32.2. The molecule has 0 N–H and O–H groups in total. The summed E-state index contributed by atoms with van der Waals surface area (Å²) in [6, 6.07) is 0. The molecule has 0 spiro atoms. The number of hydrogen-bond donors (Lipinski definition) is 0. The van der Waals surface area contributed by atoms with Crippen molar-refractivity contribution >= 4 is 34.8 Å². The number of hydrogen-bond acceptors (Lipinski definition) is 12. The first kappa shape index (κ1) is 22.4. The van der Waals surface area contributed by atoms with Crippen LogP contribution in [0.5, 0.6) is 0 Å². The van der Waals surface area contributed by atoms with Gasteiger partial charge in [-0.3, -0.25) is 17.4 Å². The molecule has 4 unspecified atom stereocenters. The first-order valence-electron chi connectivity index (χ1n) is 7.09. The summed E-state index contributed by atoms with van der Waals surface area (Å²) in [7, 11) is -15.4. The van der Waals surface area contributed by atoms with E-state index in [0.29, 0.717) is 0 Å². The predicted octanol–water partition coefficient (Wildman–Crippen LogP) is 0.851. The van der Waals surface area contributed by atoms with Gasteiger partial charge in [-0.2, -0.15) is 16.8 Å². The molecule has 2 rings (SSSR count). The van der Waals surface area contributed by atoms with Gasteiger partial charge in [0.2, 0.25) is 0 Å². The summed E-state index contributed by atoms with van der Waals surface area (Å²) in [5.41, 5.74) is -3.28. The van der Waals surface area contributed by atoms with Gasteiger partial charge in [0.1, 0.15) is 22.7 Å². The van der Waals surface area contributed by atoms with Crippen LogP contribution in [0.4, 0.5) is 0 Å². The van der Waals surface area contributed by atoms with Crippen molar-refractivity contribution in [3.8, 4) is 0 Å². The minimum absolute atomic E-state index is 0.485. The summed E-state index contributed by atoms with van der Waals surface area (Å²) in [5, 5.41) is 0. The van der Waals surface area contributed by atoms with Crippen molar-refractivity contribution in [2.45, 2.75) is 25.0 Å². The minimum Gasteiger partial charge on any atom is -0.303 e. The molecule has 0 aromatic rings. The van der Waals surface area contributed by atoms with Gasteiger partial charge in [-0.25, -0.2) is 9.13 Å². The van der Waals surface area contributed by atoms with Crippen LogP contribution < -0.4 is 0 Å². The molecule has 26 heavy (non-hydrogen) atoms. The van der Waals surface area contributed by atoms with Gasteiger partial charge in [0.05, 0.1) is 13.2 Å². The largest absolute Gasteiger partial charge is 0.441 e. The second-order valence-electron chi connectivity index (χ2n) is 6.31. The molecule has 0 aromatic heterocycles. The zero-order valence-electron chi connectivity index (χ0n) is 14.4. The van der Waals surface area contributed by atoms with E-state index in [1.54, 1.807) is 0 Å². The molecular weight excluding hydrogens is 438 g/mol. The fourth-order valence-corrected chi connectivity index (χ4v) is 10.4. The normalized spacial score (nSPS) is 37.8. The van der Waals surface area contributed by atoms with Gasteiger partial charge in [-0.15, -0.1) is 0 Å². The van der Waals surface area contributed by atoms with E-state index in [-0.39, 0.29) is 0 Å². The van der Waals surface area contributed by atoms with Crippen LogP contribution in [-0.2, 0) is 55.8 Å². The van der Waals surface area contributed by atoms with Crippen molar-refractivity contribution in [1.82, 2.24) is 0 Å². The average molecular weight is 458 g/mol. The lowest BCUT2D eigenvalue weighted by molar-refractivity contribution is 0.0499. The van der Waals surface area contributed by atoms with Gasteiger partial charge >= 0.3 is 14.6 Å². The quantitative estimate of drug-likeness (QED) is 0.392. The molecule has 2 saturated heterocycles. The van der Waals surface area contributed by atoms with Gasteiger partial charge in [-0.05, 0) is 13.8 Å². The zero-order valence-corrected chi connectivity index (χ0v) is 17.9. The van der Waals surface area contributed by atoms with Crippen LogP contribution in [0.1, 0.15) is 13.8 Å². The second kappa shape index (κ2) is 6.87. The standard InChI is InChI=1S/C10H20O12P2S2/c1-9(5-19-25(13,14)7-9)21-23(11,17-3)24(12,18-4)22-10(2)6-20-26(15,16)8-10/h5-8H2,1-4H3. The monoisotopic (exact) mass is 458 g/mol. The van der Waals surface area contributed by atoms with Crippen molar-refractivity contribution in [2.24, 2.45) is 0 Å². The van der Waals surface area contributed by atoms with Crippen LogP contribution >= 0.6 is 14.6 Å². The molecule has 2 fully saturated rings. The van der Waals surface area contributed by atoms with Gasteiger partial charge < -0.3 is 9.05 Å². The lowest BCUT2D eigenvalue weighted by atomic mass is 10.2. The molecule has 4 atom stereocenters. The Labute approximate surface area is 151 Å². The Bertz CT molecular complexity index is 794. The molecular formula is C10H20O12P2S2. The summed E-state index contributed by atoms with van der Waals surface area (Å²) in [5.74, 6) is -1.32. The van der Waals surface area contributed by atoms with Crippen LogP contribution in [0, 0.1) is 0 Å². The molecule has 0 amide bonds. The van der Waals surface area contributed by atoms with Crippen LogP contribution in [0.25, 0.3) is 0 Å². The Kier molecular flexibility index (Phi) is 5.92. The first-order valence-corrected chi connectivity index (χ1v) is 14.0. The van der Waals surface area contributed by atoms with E-state index in [1.807, 2.05) is 0 Å². The molecule has 16 heteroatoms. The van der Waals surface area contributed by atoms with Gasteiger partial charge in [-0.1, -0.05) is 0 Å². The van der Waals surface area contributed by atoms with Crippen molar-refractivity contribution in [3.63, 3.8) is 0 Å². The lowest BCUT2D eigenvalue weighted by Crippen LogP contribution is -2.34. The van der Waals surface area contributed by atoms with E-state index < -0.39 is 70.7 Å². The third-order valence-corrected chi connectivity index (χ3v) is 12.5. The van der Waals surface area contributed by atoms with Crippen LogP contribution in [0.3, 0.4) is 0 Å². The molecule has 154 valence electrons. The first-order chi connectivity index (χ1) is 11.6. The third-order valence-electron chi connectivity index (χ3n) is 3.48. The third kappa shape index (κ3) is 4.57. The Balaban J connectivity index is 2.32. The molecule has 0 saturated carbocycles. The van der Waals surface area contributed by atoms with E-state index in [9.17, 15) is 26.0 Å². The van der Waals surface area contributed by atoms with E-state index in [2.05, 4.69) is 8.37 Å². The maximum atomic E-state index is 13.1. The SMILES string of the molecule is COP(=O)(OC1(C)COS(=O)(=O)C1)P(=O)(OC)OC1(C)COS(=O)(=O)C1. The van der Waals surface area contributed by atoms with E-state index in [0.717, 1.165) is 14.2 Å². The zero-order chi connectivity index (χ0) is 20.1. The predicted molar refractivity (Wildman–Crippen MR) is 87.7 cm³/mol. The van der Waals surface area contributed by atoms with Crippen molar-refractivity contribution < 1.29 is 52.4 Å². The van der Waals surface area contributed by atoms with E-state index in [4.69, 9.17) is 18.1 Å². The topological polar surface area (TPSA) is 158 Å². The average Bonchev–Trinajstić information content (AvgIpc) is 2.92. The Morgan fingerprint density at radius 2 is 1.08 bits per heavy atom. The van der Waals surface area contributed by atoms with Crippen molar-refractivity contribution in [2.75, 3.05) is 38.9 Å². The Morgan fingerprint density at radius 3 is 1.27 bits per heavy atom. The molecule has 2 aliphatic heterocycles. The van der Waals surface area contributed by atoms with Crippen LogP contribution in [0.2, 0.25) is 0 Å². The van der Waals surface area contributed by atoms with Gasteiger partial charge in [0.25, 0.3) is 20.2 Å². The van der Waals surface area contributed by atoms with Crippen molar-refractivity contribution in [3.05, 3.63) is 0 Å². The highest BCUT2D eigenvalue weighted by molar-refractivity contribution is 8.27. The summed E-state index contributed by atoms with van der Waals surface area (Å²) in [6.45, 7) is 1.57. The maximum absolute atomic E-state index is 13.1. The summed E-state index contributed by atoms with van der Waals surface area (Å²) >= 11 is 0. The van der Waals surface area contributed by atoms with Crippen molar-refractivity contribution in [1.29, 1.82) is 0 Å². The highest BCUT2D eigenvalue weighted by Crippen LogP contribution is 2.85. The lowest BCUT2D eigenvalue weighted by Gasteiger charge is -2.33. The van der Waals surface area contributed by atoms with E-state index in [1.165, 1.54) is 13.8 Å². The molecule has 2 aliphatic rings. The van der Waals surface area contributed by atoms with E-state index >= 15 is 0 Å². The minimum atomic E-state index is -4.71. The van der Waals surface area contributed by atoms with Gasteiger partial charge in [0.15, 0.2) is 0 Å². The molecule has 0 aliphatic carbocycles.